The van der Waals surface area contributed by atoms with Gasteiger partial charge in [0.2, 0.25) is 0 Å². The van der Waals surface area contributed by atoms with Gasteiger partial charge in [0.15, 0.2) is 0 Å². The Morgan fingerprint density at radius 1 is 1.00 bits per heavy atom. The molecule has 2 heterocycles. The summed E-state index contributed by atoms with van der Waals surface area (Å²) in [5.74, 6) is -0.0464. The highest BCUT2D eigenvalue weighted by Crippen LogP contribution is 2.25. The number of pyridine rings is 1. The summed E-state index contributed by atoms with van der Waals surface area (Å²) in [4.78, 5) is 44.9. The Labute approximate surface area is 258 Å². The zero-order valence-corrected chi connectivity index (χ0v) is 26.2. The van der Waals surface area contributed by atoms with E-state index in [0.29, 0.717) is 41.4 Å². The van der Waals surface area contributed by atoms with E-state index in [1.54, 1.807) is 73.5 Å². The van der Waals surface area contributed by atoms with Gasteiger partial charge in [-0.05, 0) is 102 Å². The van der Waals surface area contributed by atoms with E-state index in [-0.39, 0.29) is 23.9 Å². The molecular weight excluding hydrogens is 556 g/mol. The van der Waals surface area contributed by atoms with E-state index >= 15 is 0 Å². The number of carbonyl (C=O) groups excluding carboxylic acids is 3. The first-order valence-corrected chi connectivity index (χ1v) is 14.7. The fourth-order valence-corrected chi connectivity index (χ4v) is 4.86. The first-order chi connectivity index (χ1) is 20.8. The molecule has 0 bridgehead atoms. The number of aromatic nitrogens is 1. The molecule has 3 N–H and O–H groups in total. The van der Waals surface area contributed by atoms with Crippen LogP contribution in [0.25, 0.3) is 0 Å². The Morgan fingerprint density at radius 3 is 2.41 bits per heavy atom. The minimum absolute atomic E-state index is 0.00936. The van der Waals surface area contributed by atoms with Gasteiger partial charge in [-0.3, -0.25) is 9.59 Å². The number of ether oxygens (including phenoxy) is 1. The highest BCUT2D eigenvalue weighted by Gasteiger charge is 2.32. The maximum absolute atomic E-state index is 13.2. The van der Waals surface area contributed by atoms with Crippen LogP contribution in [0.15, 0.2) is 60.8 Å². The number of likely N-dealkylation sites (tertiary alicyclic amines) is 1. The SMILES string of the molecule is Cc1ccc(NC(=O)c2cccc(C(C)(C)C#N)c2)cc1C(=O)Nc1ccc(NCC2CCCN2C(=O)OC(C)(C)C)nc1. The van der Waals surface area contributed by atoms with Crippen LogP contribution in [0.5, 0.6) is 0 Å². The number of aryl methyl sites for hydroxylation is 1. The summed E-state index contributed by atoms with van der Waals surface area (Å²) in [7, 11) is 0. The molecule has 3 aromatic rings. The van der Waals surface area contributed by atoms with Crippen LogP contribution in [0.4, 0.5) is 22.0 Å². The van der Waals surface area contributed by atoms with Crippen molar-refractivity contribution < 1.29 is 19.1 Å². The van der Waals surface area contributed by atoms with Crippen molar-refractivity contribution in [3.05, 3.63) is 83.0 Å². The molecule has 3 amide bonds. The van der Waals surface area contributed by atoms with E-state index in [9.17, 15) is 19.6 Å². The molecule has 1 aliphatic rings. The second-order valence-corrected chi connectivity index (χ2v) is 12.5. The number of rotatable bonds is 8. The van der Waals surface area contributed by atoms with Crippen LogP contribution in [0.1, 0.15) is 79.3 Å². The van der Waals surface area contributed by atoms with Gasteiger partial charge in [0.1, 0.15) is 11.4 Å². The van der Waals surface area contributed by atoms with Gasteiger partial charge in [-0.2, -0.15) is 5.26 Å². The lowest BCUT2D eigenvalue weighted by atomic mass is 9.85. The quantitative estimate of drug-likeness (QED) is 0.270. The van der Waals surface area contributed by atoms with Crippen LogP contribution >= 0.6 is 0 Å². The zero-order valence-electron chi connectivity index (χ0n) is 26.2. The van der Waals surface area contributed by atoms with Crippen LogP contribution < -0.4 is 16.0 Å². The standard InChI is InChI=1S/C34H40N6O4/c1-22-12-13-25(38-30(41)23-9-7-10-24(17-23)34(5,6)21-35)18-28(22)31(42)39-26-14-15-29(36-19-26)37-20-27-11-8-16-40(27)32(43)44-33(2,3)4/h7,9-10,12-15,17-19,27H,8,11,16,20H2,1-6H3,(H,36,37)(H,38,41)(H,39,42). The maximum Gasteiger partial charge on any atom is 0.410 e. The lowest BCUT2D eigenvalue weighted by Gasteiger charge is -2.28. The number of hydrogen-bond donors (Lipinski definition) is 3. The highest BCUT2D eigenvalue weighted by atomic mass is 16.6. The summed E-state index contributed by atoms with van der Waals surface area (Å²) in [6.45, 7) is 12.2. The Bertz CT molecular complexity index is 1570. The second-order valence-electron chi connectivity index (χ2n) is 12.5. The molecule has 4 rings (SSSR count). The fraction of sp³-hybridized carbons (Fsp3) is 0.382. The van der Waals surface area contributed by atoms with Gasteiger partial charge in [0.25, 0.3) is 11.8 Å². The Kier molecular flexibility index (Phi) is 9.58. The summed E-state index contributed by atoms with van der Waals surface area (Å²) in [5.41, 5.74) is 2.03. The first-order valence-electron chi connectivity index (χ1n) is 14.7. The van der Waals surface area contributed by atoms with Gasteiger partial charge in [-0.25, -0.2) is 9.78 Å². The van der Waals surface area contributed by atoms with Crippen molar-refractivity contribution in [3.8, 4) is 6.07 Å². The van der Waals surface area contributed by atoms with Gasteiger partial charge >= 0.3 is 6.09 Å². The molecule has 2 aromatic carbocycles. The number of nitriles is 1. The number of amides is 3. The van der Waals surface area contributed by atoms with Gasteiger partial charge in [-0.15, -0.1) is 0 Å². The van der Waals surface area contributed by atoms with Crippen LogP contribution in [0.2, 0.25) is 0 Å². The monoisotopic (exact) mass is 596 g/mol. The molecule has 1 fully saturated rings. The van der Waals surface area contributed by atoms with Crippen LogP contribution in [-0.4, -0.2) is 52.5 Å². The van der Waals surface area contributed by atoms with E-state index in [2.05, 4.69) is 27.0 Å². The summed E-state index contributed by atoms with van der Waals surface area (Å²) in [5, 5.41) is 18.4. The van der Waals surface area contributed by atoms with Crippen molar-refractivity contribution in [2.75, 3.05) is 29.0 Å². The highest BCUT2D eigenvalue weighted by molar-refractivity contribution is 6.08. The van der Waals surface area contributed by atoms with E-state index in [1.807, 2.05) is 33.8 Å². The van der Waals surface area contributed by atoms with Gasteiger partial charge in [0.05, 0.1) is 29.4 Å². The minimum atomic E-state index is -0.729. The largest absolute Gasteiger partial charge is 0.444 e. The van der Waals surface area contributed by atoms with Gasteiger partial charge < -0.3 is 25.6 Å². The molecule has 10 heteroatoms. The minimum Gasteiger partial charge on any atom is -0.444 e. The third kappa shape index (κ3) is 8.13. The van der Waals surface area contributed by atoms with Gasteiger partial charge in [-0.1, -0.05) is 18.2 Å². The van der Waals surface area contributed by atoms with Crippen molar-refractivity contribution in [3.63, 3.8) is 0 Å². The van der Waals surface area contributed by atoms with E-state index in [1.165, 1.54) is 0 Å². The molecule has 0 radical (unpaired) electrons. The van der Waals surface area contributed by atoms with Crippen molar-refractivity contribution in [2.45, 2.75) is 71.4 Å². The Morgan fingerprint density at radius 2 is 1.73 bits per heavy atom. The summed E-state index contributed by atoms with van der Waals surface area (Å²) in [6, 6.07) is 17.9. The third-order valence-electron chi connectivity index (χ3n) is 7.41. The fourth-order valence-electron chi connectivity index (χ4n) is 4.86. The van der Waals surface area contributed by atoms with Crippen LogP contribution in [0.3, 0.4) is 0 Å². The predicted octanol–water partition coefficient (Wildman–Crippen LogP) is 6.51. The summed E-state index contributed by atoms with van der Waals surface area (Å²) in [6.07, 6.45) is 3.06. The molecule has 0 aliphatic carbocycles. The normalized spacial score (nSPS) is 14.8. The topological polar surface area (TPSA) is 136 Å². The maximum atomic E-state index is 13.2. The lowest BCUT2D eigenvalue weighted by molar-refractivity contribution is 0.0234. The first kappa shape index (κ1) is 32.0. The molecule has 10 nitrogen and oxygen atoms in total. The lowest BCUT2D eigenvalue weighted by Crippen LogP contribution is -2.42. The Balaban J connectivity index is 1.36. The number of nitrogens with zero attached hydrogens (tertiary/aromatic N) is 3. The molecule has 44 heavy (non-hydrogen) atoms. The van der Waals surface area contributed by atoms with Crippen molar-refractivity contribution in [1.82, 2.24) is 9.88 Å². The van der Waals surface area contributed by atoms with Crippen LogP contribution in [0, 0.1) is 18.3 Å². The summed E-state index contributed by atoms with van der Waals surface area (Å²) < 4.78 is 5.54. The molecule has 1 saturated heterocycles. The van der Waals surface area contributed by atoms with Crippen molar-refractivity contribution >= 4 is 35.1 Å². The van der Waals surface area contributed by atoms with Gasteiger partial charge in [0, 0.05) is 29.9 Å². The van der Waals surface area contributed by atoms with E-state index in [0.717, 1.165) is 24.0 Å². The second kappa shape index (κ2) is 13.2. The Hall–Kier alpha value is -4.91. The predicted molar refractivity (Wildman–Crippen MR) is 171 cm³/mol. The van der Waals surface area contributed by atoms with Crippen LogP contribution in [-0.2, 0) is 10.2 Å². The third-order valence-corrected chi connectivity index (χ3v) is 7.41. The van der Waals surface area contributed by atoms with Crippen molar-refractivity contribution in [1.29, 1.82) is 5.26 Å². The number of carbonyl (C=O) groups is 3. The average molecular weight is 597 g/mol. The summed E-state index contributed by atoms with van der Waals surface area (Å²) >= 11 is 0. The number of nitrogens with one attached hydrogen (secondary N) is 3. The number of benzene rings is 2. The zero-order chi connectivity index (χ0) is 32.1. The molecule has 1 aliphatic heterocycles. The molecule has 1 aromatic heterocycles. The van der Waals surface area contributed by atoms with Crippen molar-refractivity contribution in [2.24, 2.45) is 0 Å². The number of hydrogen-bond acceptors (Lipinski definition) is 7. The van der Waals surface area contributed by atoms with E-state index < -0.39 is 11.0 Å². The molecule has 1 atom stereocenters. The van der Waals surface area contributed by atoms with E-state index in [4.69, 9.17) is 4.74 Å². The number of anilines is 3. The molecule has 230 valence electrons. The molecule has 0 saturated carbocycles. The molecule has 0 spiro atoms. The smallest absolute Gasteiger partial charge is 0.410 e. The molecule has 1 unspecified atom stereocenters. The molecular formula is C34H40N6O4. The average Bonchev–Trinajstić information content (AvgIpc) is 3.46.